The lowest BCUT2D eigenvalue weighted by Crippen LogP contribution is -2.23. The number of esters is 1. The van der Waals surface area contributed by atoms with Gasteiger partial charge in [-0.25, -0.2) is 4.79 Å². The van der Waals surface area contributed by atoms with Crippen molar-refractivity contribution in [1.82, 2.24) is 0 Å². The highest BCUT2D eigenvalue weighted by Gasteiger charge is 2.14. The van der Waals surface area contributed by atoms with Gasteiger partial charge in [-0.3, -0.25) is 0 Å². The van der Waals surface area contributed by atoms with E-state index in [-0.39, 0.29) is 5.97 Å². The second kappa shape index (κ2) is 6.34. The third-order valence-electron chi connectivity index (χ3n) is 2.93. The van der Waals surface area contributed by atoms with Crippen molar-refractivity contribution < 1.29 is 14.3 Å². The zero-order valence-corrected chi connectivity index (χ0v) is 11.3. The number of benzene rings is 2. The SMILES string of the molecule is CCOC(=O)[C@H](C)OCc1ccc2ccccc2c1. The van der Waals surface area contributed by atoms with E-state index in [1.807, 2.05) is 18.2 Å². The molecule has 0 spiro atoms. The fourth-order valence-electron chi connectivity index (χ4n) is 1.88. The van der Waals surface area contributed by atoms with E-state index in [1.165, 1.54) is 10.8 Å². The quantitative estimate of drug-likeness (QED) is 0.772. The molecule has 0 aromatic heterocycles. The van der Waals surface area contributed by atoms with E-state index in [2.05, 4.69) is 24.3 Å². The van der Waals surface area contributed by atoms with E-state index in [0.29, 0.717) is 13.2 Å². The highest BCUT2D eigenvalue weighted by molar-refractivity contribution is 5.83. The molecular weight excluding hydrogens is 240 g/mol. The molecule has 0 unspecified atom stereocenters. The number of rotatable bonds is 5. The first kappa shape index (κ1) is 13.6. The Morgan fingerprint density at radius 1 is 1.16 bits per heavy atom. The monoisotopic (exact) mass is 258 g/mol. The molecule has 3 nitrogen and oxygen atoms in total. The van der Waals surface area contributed by atoms with Crippen molar-refractivity contribution in [3.8, 4) is 0 Å². The third kappa shape index (κ3) is 3.55. The van der Waals surface area contributed by atoms with Crippen molar-refractivity contribution in [1.29, 1.82) is 0 Å². The Kier molecular flexibility index (Phi) is 4.53. The predicted molar refractivity (Wildman–Crippen MR) is 74.8 cm³/mol. The molecule has 2 aromatic carbocycles. The standard InChI is InChI=1S/C16H18O3/c1-3-18-16(17)12(2)19-11-13-8-9-14-6-4-5-7-15(14)10-13/h4-10,12H,3,11H2,1-2H3/t12-/m0/s1. The van der Waals surface area contributed by atoms with Crippen molar-refractivity contribution >= 4 is 16.7 Å². The highest BCUT2D eigenvalue weighted by Crippen LogP contribution is 2.16. The number of hydrogen-bond donors (Lipinski definition) is 0. The van der Waals surface area contributed by atoms with Gasteiger partial charge in [0.25, 0.3) is 0 Å². The molecule has 0 amide bonds. The van der Waals surface area contributed by atoms with Crippen LogP contribution in [0.25, 0.3) is 10.8 Å². The molecule has 0 N–H and O–H groups in total. The van der Waals surface area contributed by atoms with Gasteiger partial charge in [0.15, 0.2) is 6.10 Å². The van der Waals surface area contributed by atoms with Crippen LogP contribution in [0.15, 0.2) is 42.5 Å². The topological polar surface area (TPSA) is 35.5 Å². The summed E-state index contributed by atoms with van der Waals surface area (Å²) in [4.78, 5) is 11.4. The van der Waals surface area contributed by atoms with Crippen LogP contribution in [0.3, 0.4) is 0 Å². The summed E-state index contributed by atoms with van der Waals surface area (Å²) >= 11 is 0. The molecule has 0 aliphatic rings. The van der Waals surface area contributed by atoms with Crippen LogP contribution < -0.4 is 0 Å². The summed E-state index contributed by atoms with van der Waals surface area (Å²) in [6.07, 6.45) is -0.536. The Bertz CT molecular complexity index is 563. The van der Waals surface area contributed by atoms with Gasteiger partial charge in [0.2, 0.25) is 0 Å². The summed E-state index contributed by atoms with van der Waals surface area (Å²) in [5.41, 5.74) is 1.05. The number of carbonyl (C=O) groups excluding carboxylic acids is 1. The first-order chi connectivity index (χ1) is 9.20. The lowest BCUT2D eigenvalue weighted by atomic mass is 10.1. The van der Waals surface area contributed by atoms with Crippen molar-refractivity contribution in [3.05, 3.63) is 48.0 Å². The maximum absolute atomic E-state index is 11.4. The van der Waals surface area contributed by atoms with Crippen LogP contribution >= 0.6 is 0 Å². The molecule has 0 aliphatic heterocycles. The maximum Gasteiger partial charge on any atom is 0.334 e. The van der Waals surface area contributed by atoms with E-state index in [1.54, 1.807) is 13.8 Å². The van der Waals surface area contributed by atoms with Crippen LogP contribution in [0.1, 0.15) is 19.4 Å². The van der Waals surface area contributed by atoms with Crippen LogP contribution in [0.4, 0.5) is 0 Å². The normalized spacial score (nSPS) is 12.3. The summed E-state index contributed by atoms with van der Waals surface area (Å²) in [6, 6.07) is 14.3. The average Bonchev–Trinajstić information content (AvgIpc) is 2.44. The van der Waals surface area contributed by atoms with Crippen molar-refractivity contribution in [3.63, 3.8) is 0 Å². The predicted octanol–water partition coefficient (Wildman–Crippen LogP) is 3.31. The van der Waals surface area contributed by atoms with Gasteiger partial charge in [0, 0.05) is 0 Å². The van der Waals surface area contributed by atoms with Crippen LogP contribution in [0, 0.1) is 0 Å². The zero-order chi connectivity index (χ0) is 13.7. The van der Waals surface area contributed by atoms with Gasteiger partial charge in [-0.15, -0.1) is 0 Å². The molecule has 2 rings (SSSR count). The Balaban J connectivity index is 1.99. The first-order valence-corrected chi connectivity index (χ1v) is 6.46. The van der Waals surface area contributed by atoms with Crippen molar-refractivity contribution in [2.45, 2.75) is 26.6 Å². The van der Waals surface area contributed by atoms with Gasteiger partial charge in [0.1, 0.15) is 0 Å². The fourth-order valence-corrected chi connectivity index (χ4v) is 1.88. The number of fused-ring (bicyclic) bond motifs is 1. The molecule has 0 bridgehead atoms. The second-order valence-electron chi connectivity index (χ2n) is 4.39. The molecule has 0 fully saturated rings. The smallest absolute Gasteiger partial charge is 0.334 e. The van der Waals surface area contributed by atoms with E-state index < -0.39 is 6.10 Å². The van der Waals surface area contributed by atoms with Crippen molar-refractivity contribution in [2.24, 2.45) is 0 Å². The molecule has 1 atom stereocenters. The number of hydrogen-bond acceptors (Lipinski definition) is 3. The zero-order valence-electron chi connectivity index (χ0n) is 11.3. The van der Waals surface area contributed by atoms with Gasteiger partial charge in [0.05, 0.1) is 13.2 Å². The minimum atomic E-state index is -0.536. The largest absolute Gasteiger partial charge is 0.464 e. The summed E-state index contributed by atoms with van der Waals surface area (Å²) in [7, 11) is 0. The Labute approximate surface area is 113 Å². The lowest BCUT2D eigenvalue weighted by Gasteiger charge is -2.12. The summed E-state index contributed by atoms with van der Waals surface area (Å²) < 4.78 is 10.4. The van der Waals surface area contributed by atoms with Gasteiger partial charge < -0.3 is 9.47 Å². The Morgan fingerprint density at radius 3 is 2.63 bits per heavy atom. The number of ether oxygens (including phenoxy) is 2. The molecule has 0 heterocycles. The molecule has 100 valence electrons. The van der Waals surface area contributed by atoms with E-state index in [0.717, 1.165) is 5.56 Å². The van der Waals surface area contributed by atoms with Crippen LogP contribution in [-0.4, -0.2) is 18.7 Å². The second-order valence-corrected chi connectivity index (χ2v) is 4.39. The van der Waals surface area contributed by atoms with Crippen LogP contribution in [-0.2, 0) is 20.9 Å². The molecule has 0 aliphatic carbocycles. The van der Waals surface area contributed by atoms with Crippen molar-refractivity contribution in [2.75, 3.05) is 6.61 Å². The number of carbonyl (C=O) groups is 1. The lowest BCUT2D eigenvalue weighted by molar-refractivity contribution is -0.156. The molecule has 0 saturated carbocycles. The van der Waals surface area contributed by atoms with E-state index in [4.69, 9.17) is 9.47 Å². The summed E-state index contributed by atoms with van der Waals surface area (Å²) in [6.45, 7) is 4.28. The van der Waals surface area contributed by atoms with Gasteiger partial charge in [-0.2, -0.15) is 0 Å². The van der Waals surface area contributed by atoms with Gasteiger partial charge in [-0.1, -0.05) is 36.4 Å². The minimum Gasteiger partial charge on any atom is -0.464 e. The van der Waals surface area contributed by atoms with E-state index in [9.17, 15) is 4.79 Å². The summed E-state index contributed by atoms with van der Waals surface area (Å²) in [5, 5.41) is 2.37. The Hall–Kier alpha value is -1.87. The Morgan fingerprint density at radius 2 is 1.89 bits per heavy atom. The molecule has 19 heavy (non-hydrogen) atoms. The highest BCUT2D eigenvalue weighted by atomic mass is 16.6. The third-order valence-corrected chi connectivity index (χ3v) is 2.93. The molecular formula is C16H18O3. The molecule has 0 radical (unpaired) electrons. The van der Waals surface area contributed by atoms with Gasteiger partial charge >= 0.3 is 5.97 Å². The first-order valence-electron chi connectivity index (χ1n) is 6.46. The maximum atomic E-state index is 11.4. The molecule has 0 saturated heterocycles. The molecule has 3 heteroatoms. The van der Waals surface area contributed by atoms with Crippen LogP contribution in [0.2, 0.25) is 0 Å². The van der Waals surface area contributed by atoms with E-state index >= 15 is 0 Å². The minimum absolute atomic E-state index is 0.316. The summed E-state index contributed by atoms with van der Waals surface area (Å²) in [5.74, 6) is -0.316. The fraction of sp³-hybridized carbons (Fsp3) is 0.312. The van der Waals surface area contributed by atoms with Crippen LogP contribution in [0.5, 0.6) is 0 Å². The van der Waals surface area contributed by atoms with Gasteiger partial charge in [-0.05, 0) is 36.2 Å². The molecule has 2 aromatic rings. The average molecular weight is 258 g/mol.